The molecule has 0 N–H and O–H groups in total. The monoisotopic (exact) mass is 402 g/mol. The molecule has 1 aliphatic rings. The molecule has 162 valence electrons. The van der Waals surface area contributed by atoms with Crippen LogP contribution in [-0.2, 0) is 6.42 Å². The van der Waals surface area contributed by atoms with Gasteiger partial charge in [0.05, 0.1) is 0 Å². The predicted octanol–water partition coefficient (Wildman–Crippen LogP) is 9.49. The molecule has 0 bridgehead atoms. The van der Waals surface area contributed by atoms with Crippen LogP contribution >= 0.6 is 0 Å². The van der Waals surface area contributed by atoms with Crippen molar-refractivity contribution in [2.24, 2.45) is 11.8 Å². The number of allylic oxidation sites excluding steroid dienone is 2. The van der Waals surface area contributed by atoms with Gasteiger partial charge in [-0.25, -0.2) is 0 Å². The second kappa shape index (κ2) is 12.1. The minimum atomic E-state index is 0.872. The molecule has 3 rings (SSSR count). The van der Waals surface area contributed by atoms with E-state index in [2.05, 4.69) is 75.4 Å². The van der Waals surface area contributed by atoms with Crippen molar-refractivity contribution in [3.8, 4) is 11.1 Å². The molecule has 0 aromatic heterocycles. The van der Waals surface area contributed by atoms with Crippen LogP contribution in [0.25, 0.3) is 16.7 Å². The van der Waals surface area contributed by atoms with Gasteiger partial charge in [0.25, 0.3) is 0 Å². The van der Waals surface area contributed by atoms with Crippen molar-refractivity contribution >= 4 is 5.57 Å². The summed E-state index contributed by atoms with van der Waals surface area (Å²) >= 11 is 0. The maximum absolute atomic E-state index is 2.51. The number of rotatable bonds is 11. The molecule has 0 heteroatoms. The second-order valence-electron chi connectivity index (χ2n) is 9.56. The quantitative estimate of drug-likeness (QED) is 0.328. The summed E-state index contributed by atoms with van der Waals surface area (Å²) in [5.41, 5.74) is 7.12. The number of hydrogen-bond donors (Lipinski definition) is 0. The minimum absolute atomic E-state index is 0.872. The third-order valence-corrected chi connectivity index (χ3v) is 7.06. The van der Waals surface area contributed by atoms with Crippen molar-refractivity contribution in [3.05, 3.63) is 65.7 Å². The van der Waals surface area contributed by atoms with Crippen LogP contribution in [0.1, 0.15) is 96.1 Å². The van der Waals surface area contributed by atoms with Crippen molar-refractivity contribution in [1.29, 1.82) is 0 Å². The van der Waals surface area contributed by atoms with E-state index in [4.69, 9.17) is 0 Å². The molecular weight excluding hydrogens is 360 g/mol. The number of aryl methyl sites for hydroxylation is 1. The highest BCUT2D eigenvalue weighted by molar-refractivity contribution is 5.71. The number of benzene rings is 2. The molecule has 2 atom stereocenters. The Labute approximate surface area is 185 Å². The van der Waals surface area contributed by atoms with E-state index in [9.17, 15) is 0 Å². The van der Waals surface area contributed by atoms with Gasteiger partial charge in [-0.15, -0.1) is 0 Å². The van der Waals surface area contributed by atoms with Gasteiger partial charge in [-0.3, -0.25) is 0 Å². The Bertz CT molecular complexity index is 763. The molecule has 0 saturated carbocycles. The normalized spacial score (nSPS) is 17.6. The molecular formula is C30H42. The largest absolute Gasteiger partial charge is 0.0804 e. The Hall–Kier alpha value is -1.82. The van der Waals surface area contributed by atoms with Crippen LogP contribution in [0.5, 0.6) is 0 Å². The topological polar surface area (TPSA) is 0 Å². The zero-order valence-corrected chi connectivity index (χ0v) is 19.6. The fourth-order valence-electron chi connectivity index (χ4n) is 4.77. The first kappa shape index (κ1) is 22.9. The van der Waals surface area contributed by atoms with Crippen LogP contribution in [0.2, 0.25) is 0 Å². The minimum Gasteiger partial charge on any atom is -0.0804 e. The Morgan fingerprint density at radius 2 is 1.43 bits per heavy atom. The zero-order chi connectivity index (χ0) is 21.2. The average molecular weight is 403 g/mol. The van der Waals surface area contributed by atoms with Gasteiger partial charge in [0, 0.05) is 0 Å². The van der Waals surface area contributed by atoms with E-state index >= 15 is 0 Å². The van der Waals surface area contributed by atoms with Gasteiger partial charge in [-0.2, -0.15) is 0 Å². The molecule has 0 saturated heterocycles. The summed E-state index contributed by atoms with van der Waals surface area (Å²) in [5.74, 6) is 1.77. The summed E-state index contributed by atoms with van der Waals surface area (Å²) in [6.45, 7) is 7.00. The van der Waals surface area contributed by atoms with E-state index in [-0.39, 0.29) is 0 Å². The van der Waals surface area contributed by atoms with Crippen molar-refractivity contribution in [2.75, 3.05) is 0 Å². The Balaban J connectivity index is 1.53. The smallest absolute Gasteiger partial charge is 0.0184 e. The molecule has 0 aliphatic heterocycles. The SMILES string of the molecule is CCCCCCCc1ccc(-c2ccc(C3=CCC(CC(C)CC)CC3)cc2)cc1. The van der Waals surface area contributed by atoms with Crippen LogP contribution in [0.15, 0.2) is 54.6 Å². The maximum atomic E-state index is 2.51. The van der Waals surface area contributed by atoms with E-state index in [1.807, 2.05) is 0 Å². The first-order valence-corrected chi connectivity index (χ1v) is 12.6. The third kappa shape index (κ3) is 6.86. The molecule has 1 aliphatic carbocycles. The summed E-state index contributed by atoms with van der Waals surface area (Å²) in [7, 11) is 0. The van der Waals surface area contributed by atoms with Crippen LogP contribution in [0.3, 0.4) is 0 Å². The van der Waals surface area contributed by atoms with E-state index in [1.54, 1.807) is 5.57 Å². The molecule has 2 aromatic carbocycles. The van der Waals surface area contributed by atoms with Gasteiger partial charge < -0.3 is 0 Å². The molecule has 0 fully saturated rings. The van der Waals surface area contributed by atoms with Gasteiger partial charge in [0.1, 0.15) is 0 Å². The summed E-state index contributed by atoms with van der Waals surface area (Å²) < 4.78 is 0. The molecule has 0 radical (unpaired) electrons. The van der Waals surface area contributed by atoms with E-state index in [0.29, 0.717) is 0 Å². The lowest BCUT2D eigenvalue weighted by molar-refractivity contribution is 0.362. The van der Waals surface area contributed by atoms with Crippen molar-refractivity contribution in [3.63, 3.8) is 0 Å². The first-order chi connectivity index (χ1) is 14.7. The summed E-state index contributed by atoms with van der Waals surface area (Å²) in [6.07, 6.45) is 17.1. The maximum Gasteiger partial charge on any atom is -0.0184 e. The standard InChI is InChI=1S/C30H42/c1-4-6-7-8-9-10-25-11-15-27(16-12-25)29-19-21-30(22-20-29)28-17-13-26(14-18-28)23-24(3)5-2/h11-12,15-17,19-22,24,26H,4-10,13-14,18,23H2,1-3H3. The lowest BCUT2D eigenvalue weighted by Gasteiger charge is -2.24. The fraction of sp³-hybridized carbons (Fsp3) is 0.533. The summed E-state index contributed by atoms with van der Waals surface area (Å²) in [6, 6.07) is 18.5. The van der Waals surface area contributed by atoms with Crippen LogP contribution in [-0.4, -0.2) is 0 Å². The number of hydrogen-bond acceptors (Lipinski definition) is 0. The summed E-state index contributed by atoms with van der Waals surface area (Å²) in [5, 5.41) is 0. The van der Waals surface area contributed by atoms with Crippen molar-refractivity contribution in [2.45, 2.75) is 91.4 Å². The molecule has 0 heterocycles. The lowest BCUT2D eigenvalue weighted by atomic mass is 9.81. The Morgan fingerprint density at radius 1 is 0.800 bits per heavy atom. The first-order valence-electron chi connectivity index (χ1n) is 12.6. The highest BCUT2D eigenvalue weighted by Gasteiger charge is 2.17. The Morgan fingerprint density at radius 3 is 2.03 bits per heavy atom. The molecule has 0 spiro atoms. The fourth-order valence-corrected chi connectivity index (χ4v) is 4.77. The summed E-state index contributed by atoms with van der Waals surface area (Å²) in [4.78, 5) is 0. The molecule has 0 nitrogen and oxygen atoms in total. The average Bonchev–Trinajstić information content (AvgIpc) is 2.80. The van der Waals surface area contributed by atoms with E-state index < -0.39 is 0 Å². The second-order valence-corrected chi connectivity index (χ2v) is 9.56. The lowest BCUT2D eigenvalue weighted by Crippen LogP contribution is -2.09. The van der Waals surface area contributed by atoms with Crippen LogP contribution in [0, 0.1) is 11.8 Å². The number of unbranched alkanes of at least 4 members (excludes halogenated alkanes) is 4. The molecule has 2 unspecified atom stereocenters. The van der Waals surface area contributed by atoms with Crippen molar-refractivity contribution < 1.29 is 0 Å². The third-order valence-electron chi connectivity index (χ3n) is 7.06. The van der Waals surface area contributed by atoms with Gasteiger partial charge in [-0.05, 0) is 78.2 Å². The molecule has 30 heavy (non-hydrogen) atoms. The van der Waals surface area contributed by atoms with Crippen molar-refractivity contribution in [1.82, 2.24) is 0 Å². The predicted molar refractivity (Wildman–Crippen MR) is 134 cm³/mol. The van der Waals surface area contributed by atoms with Gasteiger partial charge in [0.15, 0.2) is 0 Å². The van der Waals surface area contributed by atoms with Gasteiger partial charge >= 0.3 is 0 Å². The van der Waals surface area contributed by atoms with E-state index in [0.717, 1.165) is 11.8 Å². The molecule has 0 amide bonds. The van der Waals surface area contributed by atoms with E-state index in [1.165, 1.54) is 92.9 Å². The highest BCUT2D eigenvalue weighted by atomic mass is 14.2. The highest BCUT2D eigenvalue weighted by Crippen LogP contribution is 2.34. The van der Waals surface area contributed by atoms with Gasteiger partial charge in [-0.1, -0.05) is 107 Å². The van der Waals surface area contributed by atoms with Crippen LogP contribution in [0.4, 0.5) is 0 Å². The van der Waals surface area contributed by atoms with Gasteiger partial charge in [0.2, 0.25) is 0 Å². The zero-order valence-electron chi connectivity index (χ0n) is 19.6. The molecule has 2 aromatic rings. The van der Waals surface area contributed by atoms with Crippen LogP contribution < -0.4 is 0 Å². The Kier molecular flexibility index (Phi) is 9.25.